The van der Waals surface area contributed by atoms with E-state index >= 15 is 0 Å². The Balaban J connectivity index is 1.50. The van der Waals surface area contributed by atoms with E-state index in [1.54, 1.807) is 24.2 Å². The van der Waals surface area contributed by atoms with E-state index in [0.29, 0.717) is 42.8 Å². The summed E-state index contributed by atoms with van der Waals surface area (Å²) in [6.07, 6.45) is 3.44. The summed E-state index contributed by atoms with van der Waals surface area (Å²) in [6, 6.07) is 18.0. The van der Waals surface area contributed by atoms with Crippen LogP contribution >= 0.6 is 0 Å². The SMILES string of the molecule is COc1cc(OCc2ccc(C(C)C)cc2)ccc1-c1c(-c2ccncc2)nn2c1C(=O)NCC2. The lowest BCUT2D eigenvalue weighted by molar-refractivity contribution is 0.0925. The molecule has 0 aliphatic carbocycles. The van der Waals surface area contributed by atoms with E-state index in [4.69, 9.17) is 14.6 Å². The highest BCUT2D eigenvalue weighted by atomic mass is 16.5. The number of ether oxygens (including phenoxy) is 2. The molecule has 1 aliphatic rings. The van der Waals surface area contributed by atoms with E-state index in [1.807, 2.05) is 30.3 Å². The second-order valence-electron chi connectivity index (χ2n) is 8.83. The zero-order chi connectivity index (χ0) is 24.4. The maximum atomic E-state index is 12.9. The van der Waals surface area contributed by atoms with Crippen LogP contribution in [0, 0.1) is 0 Å². The molecule has 0 saturated heterocycles. The lowest BCUT2D eigenvalue weighted by Crippen LogP contribution is -2.35. The van der Waals surface area contributed by atoms with Crippen LogP contribution in [-0.4, -0.2) is 34.3 Å². The third-order valence-electron chi connectivity index (χ3n) is 6.22. The van der Waals surface area contributed by atoms with E-state index in [1.165, 1.54) is 5.56 Å². The normalized spacial score (nSPS) is 12.9. The van der Waals surface area contributed by atoms with Gasteiger partial charge in [0, 0.05) is 41.7 Å². The molecule has 5 rings (SSSR count). The number of hydrogen-bond donors (Lipinski definition) is 1. The predicted molar refractivity (Wildman–Crippen MR) is 135 cm³/mol. The van der Waals surface area contributed by atoms with Crippen LogP contribution in [0.3, 0.4) is 0 Å². The number of aromatic nitrogens is 3. The molecule has 7 heteroatoms. The van der Waals surface area contributed by atoms with Crippen LogP contribution in [0.5, 0.6) is 11.5 Å². The number of fused-ring (bicyclic) bond motifs is 1. The topological polar surface area (TPSA) is 78.3 Å². The summed E-state index contributed by atoms with van der Waals surface area (Å²) in [6.45, 7) is 5.97. The van der Waals surface area contributed by atoms with Crippen molar-refractivity contribution < 1.29 is 14.3 Å². The summed E-state index contributed by atoms with van der Waals surface area (Å²) in [5.74, 6) is 1.65. The second kappa shape index (κ2) is 9.62. The number of rotatable bonds is 7. The monoisotopic (exact) mass is 468 g/mol. The van der Waals surface area contributed by atoms with Gasteiger partial charge in [0.2, 0.25) is 0 Å². The highest BCUT2D eigenvalue weighted by Gasteiger charge is 2.29. The van der Waals surface area contributed by atoms with E-state index in [2.05, 4.69) is 48.4 Å². The molecular formula is C28H28N4O3. The van der Waals surface area contributed by atoms with Crippen molar-refractivity contribution in [2.75, 3.05) is 13.7 Å². The third kappa shape index (κ3) is 4.49. The van der Waals surface area contributed by atoms with E-state index < -0.39 is 0 Å². The highest BCUT2D eigenvalue weighted by Crippen LogP contribution is 2.41. The maximum Gasteiger partial charge on any atom is 0.270 e. The molecule has 2 aromatic heterocycles. The Hall–Kier alpha value is -4.13. The van der Waals surface area contributed by atoms with Crippen LogP contribution in [-0.2, 0) is 13.2 Å². The Morgan fingerprint density at radius 3 is 2.54 bits per heavy atom. The number of amides is 1. The summed E-state index contributed by atoms with van der Waals surface area (Å²) in [5, 5.41) is 7.72. The second-order valence-corrected chi connectivity index (χ2v) is 8.83. The van der Waals surface area contributed by atoms with Gasteiger partial charge in [0.05, 0.1) is 13.7 Å². The fourth-order valence-corrected chi connectivity index (χ4v) is 4.31. The van der Waals surface area contributed by atoms with Crippen molar-refractivity contribution in [3.05, 3.63) is 83.8 Å². The molecule has 0 bridgehead atoms. The van der Waals surface area contributed by atoms with Crippen molar-refractivity contribution in [1.82, 2.24) is 20.1 Å². The van der Waals surface area contributed by atoms with Crippen molar-refractivity contribution in [3.8, 4) is 33.9 Å². The maximum absolute atomic E-state index is 12.9. The van der Waals surface area contributed by atoms with Gasteiger partial charge in [-0.2, -0.15) is 5.10 Å². The summed E-state index contributed by atoms with van der Waals surface area (Å²) in [7, 11) is 1.62. The number of carbonyl (C=O) groups is 1. The summed E-state index contributed by atoms with van der Waals surface area (Å²) in [4.78, 5) is 17.0. The smallest absolute Gasteiger partial charge is 0.270 e. The van der Waals surface area contributed by atoms with E-state index in [-0.39, 0.29) is 5.91 Å². The van der Waals surface area contributed by atoms with Crippen molar-refractivity contribution in [2.45, 2.75) is 32.9 Å². The lowest BCUT2D eigenvalue weighted by atomic mass is 9.97. The average Bonchev–Trinajstić information content (AvgIpc) is 3.29. The Kier molecular flexibility index (Phi) is 6.23. The van der Waals surface area contributed by atoms with Crippen molar-refractivity contribution in [2.24, 2.45) is 0 Å². The standard InChI is InChI=1S/C28H28N4O3/c1-18(2)20-6-4-19(5-7-20)17-35-22-8-9-23(24(16-22)34-3)25-26(21-10-12-29-13-11-21)31-32-15-14-30-28(33)27(25)32/h4-13,16,18H,14-15,17H2,1-3H3,(H,30,33). The van der Waals surface area contributed by atoms with Crippen LogP contribution in [0.4, 0.5) is 0 Å². The third-order valence-corrected chi connectivity index (χ3v) is 6.22. The minimum atomic E-state index is -0.147. The summed E-state index contributed by atoms with van der Waals surface area (Å²) < 4.78 is 13.6. The molecule has 0 atom stereocenters. The molecule has 3 heterocycles. The molecule has 2 aromatic carbocycles. The van der Waals surface area contributed by atoms with E-state index in [9.17, 15) is 4.79 Å². The largest absolute Gasteiger partial charge is 0.496 e. The van der Waals surface area contributed by atoms with Crippen LogP contribution in [0.2, 0.25) is 0 Å². The van der Waals surface area contributed by atoms with Crippen LogP contribution in [0.15, 0.2) is 67.0 Å². The number of carbonyl (C=O) groups excluding carboxylic acids is 1. The summed E-state index contributed by atoms with van der Waals surface area (Å²) >= 11 is 0. The Morgan fingerprint density at radius 1 is 1.06 bits per heavy atom. The summed E-state index contributed by atoms with van der Waals surface area (Å²) in [5.41, 5.74) is 6.05. The van der Waals surface area contributed by atoms with Gasteiger partial charge < -0.3 is 14.8 Å². The zero-order valence-corrected chi connectivity index (χ0v) is 20.1. The number of benzene rings is 2. The molecule has 1 aliphatic heterocycles. The fourth-order valence-electron chi connectivity index (χ4n) is 4.31. The molecule has 35 heavy (non-hydrogen) atoms. The van der Waals surface area contributed by atoms with Crippen LogP contribution in [0.25, 0.3) is 22.4 Å². The van der Waals surface area contributed by atoms with Crippen molar-refractivity contribution >= 4 is 5.91 Å². The molecule has 1 N–H and O–H groups in total. The highest BCUT2D eigenvalue weighted by molar-refractivity contribution is 6.04. The minimum absolute atomic E-state index is 0.147. The molecule has 0 radical (unpaired) electrons. The van der Waals surface area contributed by atoms with Crippen molar-refractivity contribution in [3.63, 3.8) is 0 Å². The molecule has 7 nitrogen and oxygen atoms in total. The fraction of sp³-hybridized carbons (Fsp3) is 0.250. The van der Waals surface area contributed by atoms with Gasteiger partial charge in [-0.05, 0) is 41.3 Å². The molecule has 0 fully saturated rings. The zero-order valence-electron chi connectivity index (χ0n) is 20.1. The van der Waals surface area contributed by atoms with Gasteiger partial charge in [-0.3, -0.25) is 14.5 Å². The van der Waals surface area contributed by atoms with Gasteiger partial charge >= 0.3 is 0 Å². The molecular weight excluding hydrogens is 440 g/mol. The number of nitrogens with zero attached hydrogens (tertiary/aromatic N) is 3. The first-order valence-corrected chi connectivity index (χ1v) is 11.7. The first-order valence-electron chi connectivity index (χ1n) is 11.7. The van der Waals surface area contributed by atoms with Gasteiger partial charge in [-0.1, -0.05) is 38.1 Å². The Bertz CT molecular complexity index is 1340. The van der Waals surface area contributed by atoms with Crippen LogP contribution < -0.4 is 14.8 Å². The molecule has 0 spiro atoms. The average molecular weight is 469 g/mol. The molecule has 0 unspecified atom stereocenters. The van der Waals surface area contributed by atoms with E-state index in [0.717, 1.165) is 27.9 Å². The van der Waals surface area contributed by atoms with Gasteiger partial charge in [0.25, 0.3) is 5.91 Å². The number of hydrogen-bond acceptors (Lipinski definition) is 5. The van der Waals surface area contributed by atoms with Crippen LogP contribution in [0.1, 0.15) is 41.4 Å². The quantitative estimate of drug-likeness (QED) is 0.410. The Morgan fingerprint density at radius 2 is 1.83 bits per heavy atom. The molecule has 1 amide bonds. The molecule has 178 valence electrons. The lowest BCUT2D eigenvalue weighted by Gasteiger charge is -2.17. The number of methoxy groups -OCH3 is 1. The molecule has 4 aromatic rings. The first-order chi connectivity index (χ1) is 17.0. The van der Waals surface area contributed by atoms with Gasteiger partial charge in [0.1, 0.15) is 29.5 Å². The molecule has 0 saturated carbocycles. The predicted octanol–water partition coefficient (Wildman–Crippen LogP) is 5.07. The number of pyridine rings is 1. The first kappa shape index (κ1) is 22.7. The number of nitrogens with one attached hydrogen (secondary N) is 1. The van der Waals surface area contributed by atoms with Crippen molar-refractivity contribution in [1.29, 1.82) is 0 Å². The Labute approximate surface area is 204 Å². The van der Waals surface area contributed by atoms with Gasteiger partial charge in [-0.25, -0.2) is 0 Å². The van der Waals surface area contributed by atoms with Gasteiger partial charge in [0.15, 0.2) is 0 Å². The minimum Gasteiger partial charge on any atom is -0.496 e. The van der Waals surface area contributed by atoms with Gasteiger partial charge in [-0.15, -0.1) is 0 Å².